The lowest BCUT2D eigenvalue weighted by Gasteiger charge is -2.31. The van der Waals surface area contributed by atoms with Crippen LogP contribution in [0.4, 0.5) is 10.5 Å². The highest BCUT2D eigenvalue weighted by Crippen LogP contribution is 2.46. The van der Waals surface area contributed by atoms with Gasteiger partial charge in [-0.25, -0.2) is 4.79 Å². The van der Waals surface area contributed by atoms with Gasteiger partial charge in [-0.3, -0.25) is 0 Å². The molecule has 0 aromatic heterocycles. The highest BCUT2D eigenvalue weighted by atomic mass is 16.7. The van der Waals surface area contributed by atoms with Crippen LogP contribution in [0.25, 0.3) is 0 Å². The van der Waals surface area contributed by atoms with Gasteiger partial charge in [-0.2, -0.15) is 0 Å². The molecule has 4 aliphatic rings. The first kappa shape index (κ1) is 19.0. The zero-order valence-electron chi connectivity index (χ0n) is 17.3. The second-order valence-corrected chi connectivity index (χ2v) is 9.23. The van der Waals surface area contributed by atoms with E-state index in [4.69, 9.17) is 9.47 Å². The van der Waals surface area contributed by atoms with Crippen molar-refractivity contribution in [2.45, 2.75) is 63.6 Å². The molecule has 3 heterocycles. The van der Waals surface area contributed by atoms with Gasteiger partial charge >= 0.3 is 6.03 Å². The van der Waals surface area contributed by atoms with Gasteiger partial charge in [0.25, 0.3) is 5.79 Å². The number of rotatable bonds is 3. The first-order chi connectivity index (χ1) is 14.2. The predicted octanol–water partition coefficient (Wildman–Crippen LogP) is 4.46. The number of anilines is 1. The Morgan fingerprint density at radius 1 is 1.00 bits per heavy atom. The summed E-state index contributed by atoms with van der Waals surface area (Å²) in [5.74, 6) is 1.68. The Bertz CT molecular complexity index is 741. The minimum Gasteiger partial charge on any atom is -0.448 e. The Kier molecular flexibility index (Phi) is 5.29. The van der Waals surface area contributed by atoms with Gasteiger partial charge in [0.15, 0.2) is 11.5 Å². The molecule has 3 aliphatic heterocycles. The molecule has 29 heavy (non-hydrogen) atoms. The summed E-state index contributed by atoms with van der Waals surface area (Å²) in [5.41, 5.74) is 0.782. The van der Waals surface area contributed by atoms with Gasteiger partial charge in [-0.15, -0.1) is 0 Å². The van der Waals surface area contributed by atoms with Gasteiger partial charge in [-0.1, -0.05) is 12.8 Å². The third-order valence-corrected chi connectivity index (χ3v) is 6.94. The molecular formula is C23H33N3O3. The third-order valence-electron chi connectivity index (χ3n) is 6.94. The molecule has 1 unspecified atom stereocenters. The van der Waals surface area contributed by atoms with Gasteiger partial charge in [0.05, 0.1) is 0 Å². The number of nitrogens with one attached hydrogen (secondary N) is 1. The standard InChI is InChI=1S/C23H33N3O3/c27-22(26-14-9-18(17-26)16-25-12-5-2-6-13-25)24-19-7-8-20-21(15-19)29-23(28-20)10-3-1-4-11-23/h7-8,15,18H,1-6,9-14,16-17H2,(H,24,27). The Labute approximate surface area is 173 Å². The van der Waals surface area contributed by atoms with Crippen molar-refractivity contribution in [2.24, 2.45) is 5.92 Å². The molecule has 6 heteroatoms. The minimum atomic E-state index is -0.472. The summed E-state index contributed by atoms with van der Waals surface area (Å²) < 4.78 is 12.3. The summed E-state index contributed by atoms with van der Waals surface area (Å²) in [6.07, 6.45) is 10.5. The number of urea groups is 1. The number of piperidine rings is 1. The molecule has 1 aromatic rings. The van der Waals surface area contributed by atoms with Crippen LogP contribution >= 0.6 is 0 Å². The predicted molar refractivity (Wildman–Crippen MR) is 113 cm³/mol. The Balaban J connectivity index is 1.15. The number of hydrogen-bond donors (Lipinski definition) is 1. The molecule has 1 aliphatic carbocycles. The number of benzene rings is 1. The fourth-order valence-electron chi connectivity index (χ4n) is 5.34. The van der Waals surface area contributed by atoms with E-state index in [0.717, 1.165) is 68.9 Å². The number of ether oxygens (including phenoxy) is 2. The van der Waals surface area contributed by atoms with Crippen LogP contribution in [-0.4, -0.2) is 54.3 Å². The second-order valence-electron chi connectivity index (χ2n) is 9.23. The van der Waals surface area contributed by atoms with Crippen molar-refractivity contribution in [3.8, 4) is 11.5 Å². The topological polar surface area (TPSA) is 54.0 Å². The summed E-state index contributed by atoms with van der Waals surface area (Å²) >= 11 is 0. The van der Waals surface area contributed by atoms with Gasteiger partial charge in [0.2, 0.25) is 0 Å². The van der Waals surface area contributed by atoms with Crippen LogP contribution in [-0.2, 0) is 0 Å². The van der Waals surface area contributed by atoms with E-state index in [9.17, 15) is 4.79 Å². The molecule has 1 saturated carbocycles. The zero-order chi connectivity index (χ0) is 19.7. The van der Waals surface area contributed by atoms with Gasteiger partial charge in [-0.05, 0) is 63.2 Å². The zero-order valence-corrected chi connectivity index (χ0v) is 17.3. The maximum Gasteiger partial charge on any atom is 0.321 e. The number of carbonyl (C=O) groups is 1. The van der Waals surface area contributed by atoms with Crippen molar-refractivity contribution >= 4 is 11.7 Å². The highest BCUT2D eigenvalue weighted by Gasteiger charge is 2.42. The fourth-order valence-corrected chi connectivity index (χ4v) is 5.34. The molecule has 158 valence electrons. The number of nitrogens with zero attached hydrogens (tertiary/aromatic N) is 2. The monoisotopic (exact) mass is 399 g/mol. The van der Waals surface area contributed by atoms with Crippen LogP contribution in [0.1, 0.15) is 57.8 Å². The number of likely N-dealkylation sites (tertiary alicyclic amines) is 2. The average molecular weight is 400 g/mol. The summed E-state index contributed by atoms with van der Waals surface area (Å²) in [6.45, 7) is 5.28. The molecule has 6 nitrogen and oxygen atoms in total. The van der Waals surface area contributed by atoms with Crippen molar-refractivity contribution in [3.63, 3.8) is 0 Å². The number of carbonyl (C=O) groups excluding carboxylic acids is 1. The van der Waals surface area contributed by atoms with Crippen molar-refractivity contribution < 1.29 is 14.3 Å². The number of amides is 2. The van der Waals surface area contributed by atoms with Gasteiger partial charge in [0, 0.05) is 44.2 Å². The number of hydrogen-bond acceptors (Lipinski definition) is 4. The molecular weight excluding hydrogens is 366 g/mol. The molecule has 2 saturated heterocycles. The van der Waals surface area contributed by atoms with Gasteiger partial charge in [0.1, 0.15) is 0 Å². The van der Waals surface area contributed by atoms with Crippen LogP contribution in [0.2, 0.25) is 0 Å². The average Bonchev–Trinajstić information content (AvgIpc) is 3.33. The summed E-state index contributed by atoms with van der Waals surface area (Å²) in [7, 11) is 0. The fraction of sp³-hybridized carbons (Fsp3) is 0.696. The second kappa shape index (κ2) is 8.05. The van der Waals surface area contributed by atoms with Crippen LogP contribution in [0.15, 0.2) is 18.2 Å². The number of fused-ring (bicyclic) bond motifs is 1. The van der Waals surface area contributed by atoms with Crippen LogP contribution in [0.5, 0.6) is 11.5 Å². The summed E-state index contributed by atoms with van der Waals surface area (Å²) in [6, 6.07) is 5.76. The minimum absolute atomic E-state index is 0.00242. The largest absolute Gasteiger partial charge is 0.448 e. The normalized spacial score (nSPS) is 26.1. The van der Waals surface area contributed by atoms with E-state index in [1.807, 2.05) is 23.1 Å². The lowest BCUT2D eigenvalue weighted by Crippen LogP contribution is -2.40. The first-order valence-electron chi connectivity index (χ1n) is 11.5. The molecule has 1 spiro atoms. The van der Waals surface area contributed by atoms with E-state index in [2.05, 4.69) is 10.2 Å². The van der Waals surface area contributed by atoms with E-state index in [1.165, 1.54) is 38.8 Å². The lowest BCUT2D eigenvalue weighted by atomic mass is 9.94. The Morgan fingerprint density at radius 3 is 2.59 bits per heavy atom. The molecule has 0 bridgehead atoms. The van der Waals surface area contributed by atoms with E-state index < -0.39 is 5.79 Å². The van der Waals surface area contributed by atoms with E-state index in [1.54, 1.807) is 0 Å². The maximum atomic E-state index is 12.8. The van der Waals surface area contributed by atoms with Crippen molar-refractivity contribution in [2.75, 3.05) is 38.0 Å². The molecule has 2 amide bonds. The smallest absolute Gasteiger partial charge is 0.321 e. The van der Waals surface area contributed by atoms with E-state index in [0.29, 0.717) is 5.92 Å². The molecule has 1 aromatic carbocycles. The molecule has 3 fully saturated rings. The van der Waals surface area contributed by atoms with Crippen LogP contribution < -0.4 is 14.8 Å². The Hall–Kier alpha value is -1.95. The molecule has 1 atom stereocenters. The van der Waals surface area contributed by atoms with Crippen molar-refractivity contribution in [1.82, 2.24) is 9.80 Å². The van der Waals surface area contributed by atoms with E-state index >= 15 is 0 Å². The quantitative estimate of drug-likeness (QED) is 0.815. The maximum absolute atomic E-state index is 12.8. The molecule has 1 N–H and O–H groups in total. The van der Waals surface area contributed by atoms with Gasteiger partial charge < -0.3 is 24.6 Å². The first-order valence-corrected chi connectivity index (χ1v) is 11.5. The lowest BCUT2D eigenvalue weighted by molar-refractivity contribution is -0.105. The summed E-state index contributed by atoms with van der Waals surface area (Å²) in [5, 5.41) is 3.07. The van der Waals surface area contributed by atoms with Crippen LogP contribution in [0, 0.1) is 5.92 Å². The van der Waals surface area contributed by atoms with E-state index in [-0.39, 0.29) is 6.03 Å². The highest BCUT2D eigenvalue weighted by molar-refractivity contribution is 5.90. The SMILES string of the molecule is O=C(Nc1ccc2c(c1)OC1(CCCCC1)O2)N1CCC(CN2CCCCC2)C1. The summed E-state index contributed by atoms with van der Waals surface area (Å²) in [4.78, 5) is 17.3. The Morgan fingerprint density at radius 2 is 1.76 bits per heavy atom. The van der Waals surface area contributed by atoms with Crippen molar-refractivity contribution in [1.29, 1.82) is 0 Å². The van der Waals surface area contributed by atoms with Crippen molar-refractivity contribution in [3.05, 3.63) is 18.2 Å². The van der Waals surface area contributed by atoms with Crippen LogP contribution in [0.3, 0.4) is 0 Å². The molecule has 0 radical (unpaired) electrons. The molecule has 5 rings (SSSR count). The third kappa shape index (κ3) is 4.18.